The third-order valence-electron chi connectivity index (χ3n) is 4.65. The second-order valence-electron chi connectivity index (χ2n) is 6.54. The molecule has 2 rings (SSSR count). The molecule has 1 N–H and O–H groups in total. The van der Waals surface area contributed by atoms with Gasteiger partial charge in [-0.05, 0) is 43.5 Å². The van der Waals surface area contributed by atoms with Gasteiger partial charge in [0, 0.05) is 5.41 Å². The highest BCUT2D eigenvalue weighted by Gasteiger charge is 2.36. The lowest BCUT2D eigenvalue weighted by Gasteiger charge is -2.26. The Morgan fingerprint density at radius 2 is 1.78 bits per heavy atom. The summed E-state index contributed by atoms with van der Waals surface area (Å²) in [6, 6.07) is 4.70. The summed E-state index contributed by atoms with van der Waals surface area (Å²) in [7, 11) is -2.34. The normalized spacial score (nSPS) is 18.0. The maximum atomic E-state index is 12.6. The Kier molecular flexibility index (Phi) is 5.34. The Labute approximate surface area is 138 Å². The van der Waals surface area contributed by atoms with Crippen molar-refractivity contribution >= 4 is 15.9 Å². The number of nitrogens with one attached hydrogen (secondary N) is 1. The van der Waals surface area contributed by atoms with E-state index in [9.17, 15) is 13.2 Å². The predicted octanol–water partition coefficient (Wildman–Crippen LogP) is 3.17. The molecule has 1 aliphatic carbocycles. The van der Waals surface area contributed by atoms with E-state index in [-0.39, 0.29) is 4.90 Å². The fourth-order valence-corrected chi connectivity index (χ4v) is 4.42. The highest BCUT2D eigenvalue weighted by atomic mass is 32.2. The number of sulfonamides is 1. The van der Waals surface area contributed by atoms with Crippen LogP contribution in [-0.4, -0.2) is 21.4 Å². The number of carbonyl (C=O) groups excluding carboxylic acids is 1. The number of benzene rings is 1. The van der Waals surface area contributed by atoms with Crippen LogP contribution in [0.2, 0.25) is 0 Å². The Morgan fingerprint density at radius 1 is 1.17 bits per heavy atom. The van der Waals surface area contributed by atoms with Gasteiger partial charge in [0.15, 0.2) is 0 Å². The van der Waals surface area contributed by atoms with Gasteiger partial charge in [-0.15, -0.1) is 0 Å². The van der Waals surface area contributed by atoms with Crippen LogP contribution in [0.15, 0.2) is 23.1 Å². The van der Waals surface area contributed by atoms with Gasteiger partial charge in [-0.25, -0.2) is 13.1 Å². The standard InChI is InChI=1S/C17H25NO4S/c1-13-12-14(22-3)8-9-15(13)23(20,21)18-16(19)17(2)10-6-4-5-7-11-17/h8-9,12H,4-7,10-11H2,1-3H3,(H,18,19). The largest absolute Gasteiger partial charge is 0.497 e. The Hall–Kier alpha value is -1.56. The third-order valence-corrected chi connectivity index (χ3v) is 6.15. The molecule has 1 fully saturated rings. The minimum atomic E-state index is -3.87. The van der Waals surface area contributed by atoms with Crippen molar-refractivity contribution in [3.63, 3.8) is 0 Å². The van der Waals surface area contributed by atoms with E-state index in [0.29, 0.717) is 11.3 Å². The van der Waals surface area contributed by atoms with Gasteiger partial charge < -0.3 is 4.74 Å². The highest BCUT2D eigenvalue weighted by Crippen LogP contribution is 2.35. The van der Waals surface area contributed by atoms with E-state index in [1.807, 2.05) is 6.92 Å². The summed E-state index contributed by atoms with van der Waals surface area (Å²) >= 11 is 0. The van der Waals surface area contributed by atoms with Gasteiger partial charge in [0.25, 0.3) is 10.0 Å². The number of methoxy groups -OCH3 is 1. The summed E-state index contributed by atoms with van der Waals surface area (Å²) in [5.41, 5.74) is -0.0557. The van der Waals surface area contributed by atoms with Gasteiger partial charge in [-0.1, -0.05) is 32.6 Å². The van der Waals surface area contributed by atoms with Crippen molar-refractivity contribution in [2.45, 2.75) is 57.3 Å². The number of hydrogen-bond acceptors (Lipinski definition) is 4. The average Bonchev–Trinajstić information content (AvgIpc) is 2.72. The summed E-state index contributed by atoms with van der Waals surface area (Å²) in [6.45, 7) is 3.55. The molecule has 0 bridgehead atoms. The van der Waals surface area contributed by atoms with Crippen LogP contribution in [0.3, 0.4) is 0 Å². The van der Waals surface area contributed by atoms with Crippen molar-refractivity contribution in [1.29, 1.82) is 0 Å². The molecule has 6 heteroatoms. The molecule has 1 aromatic rings. The first-order valence-corrected chi connectivity index (χ1v) is 9.49. The first-order valence-electron chi connectivity index (χ1n) is 8.00. The monoisotopic (exact) mass is 339 g/mol. The lowest BCUT2D eigenvalue weighted by Crippen LogP contribution is -2.42. The lowest BCUT2D eigenvalue weighted by atomic mass is 9.82. The number of carbonyl (C=O) groups is 1. The Balaban J connectivity index is 2.22. The van der Waals surface area contributed by atoms with Crippen LogP contribution in [0.4, 0.5) is 0 Å². The van der Waals surface area contributed by atoms with Crippen LogP contribution in [0.1, 0.15) is 51.0 Å². The molecule has 0 aromatic heterocycles. The molecule has 5 nitrogen and oxygen atoms in total. The number of amides is 1. The van der Waals surface area contributed by atoms with E-state index in [1.54, 1.807) is 19.1 Å². The minimum Gasteiger partial charge on any atom is -0.497 e. The molecule has 0 unspecified atom stereocenters. The molecular formula is C17H25NO4S. The molecule has 1 saturated carbocycles. The zero-order valence-electron chi connectivity index (χ0n) is 14.0. The van der Waals surface area contributed by atoms with Crippen LogP contribution in [0.25, 0.3) is 0 Å². The van der Waals surface area contributed by atoms with Crippen molar-refractivity contribution in [2.75, 3.05) is 7.11 Å². The van der Waals surface area contributed by atoms with E-state index in [2.05, 4.69) is 4.72 Å². The molecule has 0 saturated heterocycles. The van der Waals surface area contributed by atoms with Gasteiger partial charge in [-0.2, -0.15) is 0 Å². The van der Waals surface area contributed by atoms with Gasteiger partial charge >= 0.3 is 0 Å². The van der Waals surface area contributed by atoms with E-state index < -0.39 is 21.3 Å². The van der Waals surface area contributed by atoms with E-state index >= 15 is 0 Å². The molecule has 128 valence electrons. The molecular weight excluding hydrogens is 314 g/mol. The van der Waals surface area contributed by atoms with E-state index in [4.69, 9.17) is 4.74 Å². The third kappa shape index (κ3) is 4.05. The molecule has 0 radical (unpaired) electrons. The fourth-order valence-electron chi connectivity index (χ4n) is 3.09. The topological polar surface area (TPSA) is 72.5 Å². The predicted molar refractivity (Wildman–Crippen MR) is 88.9 cm³/mol. The maximum Gasteiger partial charge on any atom is 0.264 e. The van der Waals surface area contributed by atoms with Gasteiger partial charge in [0.2, 0.25) is 5.91 Å². The summed E-state index contributed by atoms with van der Waals surface area (Å²) in [5, 5.41) is 0. The number of hydrogen-bond donors (Lipinski definition) is 1. The maximum absolute atomic E-state index is 12.6. The van der Waals surface area contributed by atoms with Gasteiger partial charge in [-0.3, -0.25) is 4.79 Å². The quantitative estimate of drug-likeness (QED) is 0.855. The average molecular weight is 339 g/mol. The first-order chi connectivity index (χ1) is 10.8. The molecule has 0 atom stereocenters. The molecule has 23 heavy (non-hydrogen) atoms. The minimum absolute atomic E-state index is 0.115. The Morgan fingerprint density at radius 3 is 2.30 bits per heavy atom. The number of aryl methyl sites for hydroxylation is 1. The second-order valence-corrected chi connectivity index (χ2v) is 8.19. The smallest absolute Gasteiger partial charge is 0.264 e. The van der Waals surface area contributed by atoms with Crippen molar-refractivity contribution in [3.8, 4) is 5.75 Å². The number of ether oxygens (including phenoxy) is 1. The summed E-state index contributed by atoms with van der Waals surface area (Å²) < 4.78 is 32.5. The summed E-state index contributed by atoms with van der Waals surface area (Å²) in [5.74, 6) is 0.193. The van der Waals surface area contributed by atoms with Crippen LogP contribution < -0.4 is 9.46 Å². The molecule has 1 aliphatic rings. The van der Waals surface area contributed by atoms with E-state index in [1.165, 1.54) is 13.2 Å². The summed E-state index contributed by atoms with van der Waals surface area (Å²) in [6.07, 6.45) is 5.60. The van der Waals surface area contributed by atoms with Crippen LogP contribution in [0, 0.1) is 12.3 Å². The fraction of sp³-hybridized carbons (Fsp3) is 0.588. The first kappa shape index (κ1) is 17.8. The molecule has 0 heterocycles. The highest BCUT2D eigenvalue weighted by molar-refractivity contribution is 7.90. The molecule has 0 spiro atoms. The SMILES string of the molecule is COc1ccc(S(=O)(=O)NC(=O)C2(C)CCCCCC2)c(C)c1. The van der Waals surface area contributed by atoms with Gasteiger partial charge in [0.1, 0.15) is 5.75 Å². The van der Waals surface area contributed by atoms with Crippen LogP contribution in [0.5, 0.6) is 5.75 Å². The van der Waals surface area contributed by atoms with Crippen molar-refractivity contribution in [1.82, 2.24) is 4.72 Å². The van der Waals surface area contributed by atoms with Crippen LogP contribution in [-0.2, 0) is 14.8 Å². The number of rotatable bonds is 4. The Bertz CT molecular complexity index is 674. The molecule has 1 aromatic carbocycles. The van der Waals surface area contributed by atoms with Crippen molar-refractivity contribution in [2.24, 2.45) is 5.41 Å². The zero-order valence-corrected chi connectivity index (χ0v) is 14.8. The lowest BCUT2D eigenvalue weighted by molar-refractivity contribution is -0.129. The zero-order chi connectivity index (χ0) is 17.1. The van der Waals surface area contributed by atoms with E-state index in [0.717, 1.165) is 38.5 Å². The molecule has 1 amide bonds. The van der Waals surface area contributed by atoms with Gasteiger partial charge in [0.05, 0.1) is 12.0 Å². The van der Waals surface area contributed by atoms with Crippen molar-refractivity contribution < 1.29 is 17.9 Å². The molecule has 0 aliphatic heterocycles. The van der Waals surface area contributed by atoms with Crippen molar-refractivity contribution in [3.05, 3.63) is 23.8 Å². The second kappa shape index (κ2) is 6.91. The van der Waals surface area contributed by atoms with Crippen LogP contribution >= 0.6 is 0 Å². The summed E-state index contributed by atoms with van der Waals surface area (Å²) in [4.78, 5) is 12.7.